The van der Waals surface area contributed by atoms with Crippen molar-refractivity contribution in [2.75, 3.05) is 0 Å². The molecule has 0 aliphatic rings. The highest BCUT2D eigenvalue weighted by Gasteiger charge is 2.11. The lowest BCUT2D eigenvalue weighted by Gasteiger charge is -2.07. The normalized spacial score (nSPS) is 11.1. The Morgan fingerprint density at radius 2 is 2.19 bits per heavy atom. The van der Waals surface area contributed by atoms with E-state index >= 15 is 0 Å². The van der Waals surface area contributed by atoms with E-state index < -0.39 is 0 Å². The van der Waals surface area contributed by atoms with Gasteiger partial charge >= 0.3 is 5.69 Å². The number of fused-ring (bicyclic) bond motifs is 1. The zero-order valence-corrected chi connectivity index (χ0v) is 9.36. The minimum absolute atomic E-state index is 0.296. The van der Waals surface area contributed by atoms with E-state index in [1.165, 1.54) is 13.2 Å². The number of aromatic nitrogens is 4. The SMILES string of the molecule is CCCCn1c(=O)n(C)c(=O)c2cn[nH]c21. The second kappa shape index (κ2) is 3.96. The predicted octanol–water partition coefficient (Wildman–Crippen LogP) is 0.223. The summed E-state index contributed by atoms with van der Waals surface area (Å²) in [5.41, 5.74) is -0.0850. The van der Waals surface area contributed by atoms with E-state index in [1.54, 1.807) is 4.57 Å². The van der Waals surface area contributed by atoms with Crippen LogP contribution in [0.5, 0.6) is 0 Å². The van der Waals surface area contributed by atoms with Gasteiger partial charge in [0, 0.05) is 13.6 Å². The summed E-state index contributed by atoms with van der Waals surface area (Å²) in [4.78, 5) is 23.6. The van der Waals surface area contributed by atoms with Crippen molar-refractivity contribution in [1.29, 1.82) is 0 Å². The molecule has 16 heavy (non-hydrogen) atoms. The third-order valence-electron chi connectivity index (χ3n) is 2.68. The monoisotopic (exact) mass is 222 g/mol. The molecule has 0 bridgehead atoms. The first-order valence-electron chi connectivity index (χ1n) is 5.29. The van der Waals surface area contributed by atoms with Crippen LogP contribution < -0.4 is 11.2 Å². The zero-order valence-electron chi connectivity index (χ0n) is 9.36. The quantitative estimate of drug-likeness (QED) is 0.807. The van der Waals surface area contributed by atoms with Crippen LogP contribution >= 0.6 is 0 Å². The Bertz CT molecular complexity index is 620. The van der Waals surface area contributed by atoms with Crippen LogP contribution in [-0.2, 0) is 13.6 Å². The molecular weight excluding hydrogens is 208 g/mol. The molecule has 0 aliphatic heterocycles. The molecule has 0 aromatic carbocycles. The van der Waals surface area contributed by atoms with Crippen molar-refractivity contribution < 1.29 is 0 Å². The number of hydrogen-bond acceptors (Lipinski definition) is 3. The summed E-state index contributed by atoms with van der Waals surface area (Å²) in [7, 11) is 1.49. The predicted molar refractivity (Wildman–Crippen MR) is 60.5 cm³/mol. The summed E-state index contributed by atoms with van der Waals surface area (Å²) < 4.78 is 2.68. The molecule has 6 heteroatoms. The Labute approximate surface area is 91.5 Å². The van der Waals surface area contributed by atoms with Crippen molar-refractivity contribution in [1.82, 2.24) is 19.3 Å². The first kappa shape index (κ1) is 10.7. The molecule has 0 amide bonds. The van der Waals surface area contributed by atoms with Crippen LogP contribution in [0.3, 0.4) is 0 Å². The van der Waals surface area contributed by atoms with Gasteiger partial charge in [-0.3, -0.25) is 19.0 Å². The maximum atomic E-state index is 11.9. The van der Waals surface area contributed by atoms with Gasteiger partial charge in [0.1, 0.15) is 11.0 Å². The first-order valence-corrected chi connectivity index (χ1v) is 5.29. The van der Waals surface area contributed by atoms with Crippen LogP contribution in [-0.4, -0.2) is 19.3 Å². The van der Waals surface area contributed by atoms with Gasteiger partial charge in [-0.05, 0) is 6.42 Å². The number of unbranched alkanes of at least 4 members (excludes halogenated alkanes) is 1. The Kier molecular flexibility index (Phi) is 2.64. The van der Waals surface area contributed by atoms with Crippen molar-refractivity contribution in [3.63, 3.8) is 0 Å². The van der Waals surface area contributed by atoms with E-state index in [2.05, 4.69) is 17.1 Å². The van der Waals surface area contributed by atoms with Crippen molar-refractivity contribution in [3.8, 4) is 0 Å². The average molecular weight is 222 g/mol. The Hall–Kier alpha value is -1.85. The highest BCUT2D eigenvalue weighted by atomic mass is 16.2. The number of hydrogen-bond donors (Lipinski definition) is 1. The fourth-order valence-corrected chi connectivity index (χ4v) is 1.71. The number of aromatic amines is 1. The smallest absolute Gasteiger partial charge is 0.278 e. The lowest BCUT2D eigenvalue weighted by Crippen LogP contribution is -2.38. The second-order valence-electron chi connectivity index (χ2n) is 3.78. The number of nitrogens with one attached hydrogen (secondary N) is 1. The van der Waals surface area contributed by atoms with Gasteiger partial charge in [0.15, 0.2) is 0 Å². The molecule has 6 nitrogen and oxygen atoms in total. The lowest BCUT2D eigenvalue weighted by molar-refractivity contribution is 0.583. The van der Waals surface area contributed by atoms with Gasteiger partial charge in [-0.15, -0.1) is 0 Å². The number of nitrogens with zero attached hydrogens (tertiary/aromatic N) is 3. The minimum Gasteiger partial charge on any atom is -0.278 e. The standard InChI is InChI=1S/C10H14N4O2/c1-3-4-5-14-8-7(6-11-12-8)9(15)13(2)10(14)16/h6H,3-5H2,1-2H3,(H,11,12). The topological polar surface area (TPSA) is 72.7 Å². The first-order chi connectivity index (χ1) is 7.66. The Morgan fingerprint density at radius 3 is 2.88 bits per heavy atom. The van der Waals surface area contributed by atoms with Gasteiger partial charge in [0.25, 0.3) is 5.56 Å². The molecule has 0 aliphatic carbocycles. The lowest BCUT2D eigenvalue weighted by atomic mass is 10.3. The third kappa shape index (κ3) is 1.46. The molecule has 0 radical (unpaired) electrons. The largest absolute Gasteiger partial charge is 0.332 e. The summed E-state index contributed by atoms with van der Waals surface area (Å²) in [6, 6.07) is 0. The van der Waals surface area contributed by atoms with Gasteiger partial charge in [0.05, 0.1) is 6.20 Å². The molecule has 2 aromatic heterocycles. The molecule has 0 fully saturated rings. The van der Waals surface area contributed by atoms with E-state index in [4.69, 9.17) is 0 Å². The summed E-state index contributed by atoms with van der Waals surface area (Å²) in [5.74, 6) is 0. The van der Waals surface area contributed by atoms with Crippen LogP contribution in [0.1, 0.15) is 19.8 Å². The van der Waals surface area contributed by atoms with Crippen molar-refractivity contribution in [2.24, 2.45) is 7.05 Å². The third-order valence-corrected chi connectivity index (χ3v) is 2.68. The maximum absolute atomic E-state index is 11.9. The average Bonchev–Trinajstić information content (AvgIpc) is 2.75. The van der Waals surface area contributed by atoms with Gasteiger partial charge < -0.3 is 0 Å². The Balaban J connectivity index is 2.76. The van der Waals surface area contributed by atoms with Gasteiger partial charge in [-0.25, -0.2) is 4.79 Å². The fourth-order valence-electron chi connectivity index (χ4n) is 1.71. The summed E-state index contributed by atoms with van der Waals surface area (Å²) in [5, 5.41) is 6.98. The highest BCUT2D eigenvalue weighted by Crippen LogP contribution is 2.03. The number of rotatable bonds is 3. The van der Waals surface area contributed by atoms with E-state index in [1.807, 2.05) is 0 Å². The van der Waals surface area contributed by atoms with Crippen molar-refractivity contribution in [2.45, 2.75) is 26.3 Å². The molecule has 0 saturated carbocycles. The van der Waals surface area contributed by atoms with Crippen LogP contribution in [0, 0.1) is 0 Å². The molecule has 0 saturated heterocycles. The van der Waals surface area contributed by atoms with E-state index in [0.717, 1.165) is 17.4 Å². The van der Waals surface area contributed by atoms with Gasteiger partial charge in [-0.2, -0.15) is 5.10 Å². The second-order valence-corrected chi connectivity index (χ2v) is 3.78. The molecule has 0 unspecified atom stereocenters. The van der Waals surface area contributed by atoms with E-state index in [9.17, 15) is 9.59 Å². The van der Waals surface area contributed by atoms with Gasteiger partial charge in [0.2, 0.25) is 0 Å². The Morgan fingerprint density at radius 1 is 1.44 bits per heavy atom. The minimum atomic E-state index is -0.304. The van der Waals surface area contributed by atoms with E-state index in [0.29, 0.717) is 17.6 Å². The van der Waals surface area contributed by atoms with Crippen LogP contribution in [0.4, 0.5) is 0 Å². The number of aryl methyl sites for hydroxylation is 1. The summed E-state index contributed by atoms with van der Waals surface area (Å²) in [6.45, 7) is 2.65. The van der Waals surface area contributed by atoms with Gasteiger partial charge in [-0.1, -0.05) is 13.3 Å². The van der Waals surface area contributed by atoms with Crippen LogP contribution in [0.2, 0.25) is 0 Å². The molecular formula is C10H14N4O2. The van der Waals surface area contributed by atoms with Crippen molar-refractivity contribution >= 4 is 11.0 Å². The molecule has 1 N–H and O–H groups in total. The molecule has 0 spiro atoms. The molecule has 2 heterocycles. The summed E-state index contributed by atoms with van der Waals surface area (Å²) in [6.07, 6.45) is 3.34. The molecule has 2 aromatic rings. The molecule has 2 rings (SSSR count). The zero-order chi connectivity index (χ0) is 11.7. The molecule has 86 valence electrons. The fraction of sp³-hybridized carbons (Fsp3) is 0.500. The van der Waals surface area contributed by atoms with E-state index in [-0.39, 0.29) is 11.2 Å². The van der Waals surface area contributed by atoms with Crippen LogP contribution in [0.15, 0.2) is 15.8 Å². The molecule has 0 atom stereocenters. The van der Waals surface area contributed by atoms with Crippen molar-refractivity contribution in [3.05, 3.63) is 27.0 Å². The summed E-state index contributed by atoms with van der Waals surface area (Å²) >= 11 is 0. The van der Waals surface area contributed by atoms with Crippen LogP contribution in [0.25, 0.3) is 11.0 Å². The number of H-pyrrole nitrogens is 1. The highest BCUT2D eigenvalue weighted by molar-refractivity contribution is 5.72. The maximum Gasteiger partial charge on any atom is 0.332 e.